The summed E-state index contributed by atoms with van der Waals surface area (Å²) in [5.41, 5.74) is 2.53. The molecule has 0 radical (unpaired) electrons. The molecule has 2 amide bonds. The van der Waals surface area contributed by atoms with Crippen LogP contribution in [0.1, 0.15) is 50.9 Å². The molecule has 5 heteroatoms. The molecule has 126 valence electrons. The fourth-order valence-corrected chi connectivity index (χ4v) is 3.09. The number of hydrogen-bond donors (Lipinski definition) is 1. The molecule has 1 aromatic rings. The Bertz CT molecular complexity index is 600. The summed E-state index contributed by atoms with van der Waals surface area (Å²) in [5.74, 6) is -1.07. The van der Waals surface area contributed by atoms with Gasteiger partial charge in [0.15, 0.2) is 0 Å². The quantitative estimate of drug-likeness (QED) is 0.853. The van der Waals surface area contributed by atoms with Crippen molar-refractivity contribution in [1.82, 2.24) is 9.88 Å². The van der Waals surface area contributed by atoms with Gasteiger partial charge in [0, 0.05) is 18.8 Å². The monoisotopic (exact) mass is 317 g/mol. The van der Waals surface area contributed by atoms with Crippen molar-refractivity contribution in [3.63, 3.8) is 0 Å². The topological polar surface area (TPSA) is 62.3 Å². The van der Waals surface area contributed by atoms with Crippen LogP contribution < -0.4 is 5.32 Å². The Balaban J connectivity index is 1.98. The Morgan fingerprint density at radius 2 is 1.83 bits per heavy atom. The van der Waals surface area contributed by atoms with E-state index >= 15 is 0 Å². The van der Waals surface area contributed by atoms with Gasteiger partial charge in [-0.2, -0.15) is 0 Å². The Morgan fingerprint density at radius 1 is 1.22 bits per heavy atom. The summed E-state index contributed by atoms with van der Waals surface area (Å²) >= 11 is 0. The van der Waals surface area contributed by atoms with Crippen LogP contribution in [0.4, 0.5) is 5.69 Å². The van der Waals surface area contributed by atoms with Crippen LogP contribution in [0.3, 0.4) is 0 Å². The SMILES string of the molecule is Cc1ccc(NC(=O)C(=O)N(C)C2CCC(C)(C)CC2)c(C)n1. The van der Waals surface area contributed by atoms with Crippen LogP contribution in [-0.2, 0) is 9.59 Å². The molecule has 0 unspecified atom stereocenters. The highest BCUT2D eigenvalue weighted by Gasteiger charge is 2.32. The number of aromatic nitrogens is 1. The lowest BCUT2D eigenvalue weighted by molar-refractivity contribution is -0.144. The number of likely N-dealkylation sites (N-methyl/N-ethyl adjacent to an activating group) is 1. The van der Waals surface area contributed by atoms with Gasteiger partial charge < -0.3 is 10.2 Å². The first-order valence-electron chi connectivity index (χ1n) is 8.22. The van der Waals surface area contributed by atoms with Crippen molar-refractivity contribution in [3.8, 4) is 0 Å². The van der Waals surface area contributed by atoms with Gasteiger partial charge in [-0.1, -0.05) is 13.8 Å². The molecule has 1 aliphatic rings. The molecule has 0 aliphatic heterocycles. The van der Waals surface area contributed by atoms with Crippen molar-refractivity contribution in [2.45, 2.75) is 59.4 Å². The molecule has 0 bridgehead atoms. The number of carbonyl (C=O) groups is 2. The summed E-state index contributed by atoms with van der Waals surface area (Å²) in [6.45, 7) is 8.22. The molecular weight excluding hydrogens is 290 g/mol. The number of pyridine rings is 1. The maximum Gasteiger partial charge on any atom is 0.313 e. The smallest absolute Gasteiger partial charge is 0.313 e. The third kappa shape index (κ3) is 4.30. The van der Waals surface area contributed by atoms with Gasteiger partial charge in [-0.05, 0) is 57.1 Å². The van der Waals surface area contributed by atoms with Crippen LogP contribution >= 0.6 is 0 Å². The fourth-order valence-electron chi connectivity index (χ4n) is 3.09. The minimum atomic E-state index is -0.592. The lowest BCUT2D eigenvalue weighted by Crippen LogP contribution is -2.45. The van der Waals surface area contributed by atoms with Gasteiger partial charge in [0.25, 0.3) is 0 Å². The number of nitrogens with one attached hydrogen (secondary N) is 1. The molecule has 0 spiro atoms. The molecule has 1 saturated carbocycles. The minimum Gasteiger partial charge on any atom is -0.335 e. The predicted octanol–water partition coefficient (Wildman–Crippen LogP) is 3.06. The molecule has 1 aromatic heterocycles. The van der Waals surface area contributed by atoms with Crippen LogP contribution in [-0.4, -0.2) is 34.8 Å². The zero-order valence-electron chi connectivity index (χ0n) is 14.8. The van der Waals surface area contributed by atoms with Crippen molar-refractivity contribution < 1.29 is 9.59 Å². The minimum absolute atomic E-state index is 0.151. The molecule has 1 heterocycles. The van der Waals surface area contributed by atoms with Crippen molar-refractivity contribution in [2.24, 2.45) is 5.41 Å². The summed E-state index contributed by atoms with van der Waals surface area (Å²) < 4.78 is 0. The predicted molar refractivity (Wildman–Crippen MR) is 91.1 cm³/mol. The highest BCUT2D eigenvalue weighted by Crippen LogP contribution is 2.36. The van der Waals surface area contributed by atoms with Gasteiger partial charge in [-0.25, -0.2) is 0 Å². The van der Waals surface area contributed by atoms with E-state index in [9.17, 15) is 9.59 Å². The largest absolute Gasteiger partial charge is 0.335 e. The third-order valence-electron chi connectivity index (χ3n) is 4.84. The summed E-state index contributed by atoms with van der Waals surface area (Å²) in [6.07, 6.45) is 4.07. The molecule has 0 saturated heterocycles. The lowest BCUT2D eigenvalue weighted by atomic mass is 9.75. The van der Waals surface area contributed by atoms with Crippen molar-refractivity contribution in [2.75, 3.05) is 12.4 Å². The van der Waals surface area contributed by atoms with E-state index in [-0.39, 0.29) is 6.04 Å². The first kappa shape index (κ1) is 17.4. The standard InChI is InChI=1S/C18H27N3O2/c1-12-6-7-15(13(2)19-12)20-16(22)17(23)21(5)14-8-10-18(3,4)11-9-14/h6-7,14H,8-11H2,1-5H3,(H,20,22). The number of carbonyl (C=O) groups excluding carboxylic acids is 2. The van der Waals surface area contributed by atoms with Gasteiger partial charge in [0.05, 0.1) is 11.4 Å². The second-order valence-electron chi connectivity index (χ2n) is 7.35. The highest BCUT2D eigenvalue weighted by atomic mass is 16.2. The van der Waals surface area contributed by atoms with Crippen molar-refractivity contribution in [3.05, 3.63) is 23.5 Å². The van der Waals surface area contributed by atoms with E-state index in [0.29, 0.717) is 16.8 Å². The third-order valence-corrected chi connectivity index (χ3v) is 4.84. The van der Waals surface area contributed by atoms with E-state index in [1.807, 2.05) is 19.9 Å². The molecule has 5 nitrogen and oxygen atoms in total. The van der Waals surface area contributed by atoms with Gasteiger partial charge in [-0.15, -0.1) is 0 Å². The number of rotatable bonds is 2. The Hall–Kier alpha value is -1.91. The molecule has 0 atom stereocenters. The average molecular weight is 317 g/mol. The van der Waals surface area contributed by atoms with Crippen LogP contribution in [0.2, 0.25) is 0 Å². The van der Waals surface area contributed by atoms with E-state index < -0.39 is 11.8 Å². The van der Waals surface area contributed by atoms with E-state index in [2.05, 4.69) is 24.1 Å². The van der Waals surface area contributed by atoms with E-state index in [1.165, 1.54) is 0 Å². The number of aryl methyl sites for hydroxylation is 2. The first-order valence-corrected chi connectivity index (χ1v) is 8.22. The Morgan fingerprint density at radius 3 is 2.39 bits per heavy atom. The average Bonchev–Trinajstić information content (AvgIpc) is 2.48. The number of nitrogens with zero attached hydrogens (tertiary/aromatic N) is 2. The maximum absolute atomic E-state index is 12.4. The summed E-state index contributed by atoms with van der Waals surface area (Å²) in [4.78, 5) is 30.5. The zero-order chi connectivity index (χ0) is 17.2. The summed E-state index contributed by atoms with van der Waals surface area (Å²) in [6, 6.07) is 3.75. The molecule has 1 aliphatic carbocycles. The number of anilines is 1. The number of amides is 2. The Kier molecular flexibility index (Phi) is 5.07. The molecule has 1 N–H and O–H groups in total. The number of hydrogen-bond acceptors (Lipinski definition) is 3. The van der Waals surface area contributed by atoms with Gasteiger partial charge in [-0.3, -0.25) is 14.6 Å². The van der Waals surface area contributed by atoms with Crippen LogP contribution in [0.25, 0.3) is 0 Å². The van der Waals surface area contributed by atoms with Gasteiger partial charge >= 0.3 is 11.8 Å². The summed E-state index contributed by atoms with van der Waals surface area (Å²) in [5, 5.41) is 2.68. The fraction of sp³-hybridized carbons (Fsp3) is 0.611. The normalized spacial score (nSPS) is 17.6. The lowest BCUT2D eigenvalue weighted by Gasteiger charge is -2.38. The molecule has 0 aromatic carbocycles. The van der Waals surface area contributed by atoms with E-state index in [1.54, 1.807) is 18.0 Å². The van der Waals surface area contributed by atoms with E-state index in [4.69, 9.17) is 0 Å². The van der Waals surface area contributed by atoms with E-state index in [0.717, 1.165) is 31.4 Å². The molecular formula is C18H27N3O2. The first-order chi connectivity index (χ1) is 10.7. The molecule has 2 rings (SSSR count). The summed E-state index contributed by atoms with van der Waals surface area (Å²) in [7, 11) is 1.73. The van der Waals surface area contributed by atoms with Crippen LogP contribution in [0, 0.1) is 19.3 Å². The molecule has 23 heavy (non-hydrogen) atoms. The highest BCUT2D eigenvalue weighted by molar-refractivity contribution is 6.39. The zero-order valence-corrected chi connectivity index (χ0v) is 14.8. The van der Waals surface area contributed by atoms with Crippen LogP contribution in [0.15, 0.2) is 12.1 Å². The van der Waals surface area contributed by atoms with Crippen molar-refractivity contribution in [1.29, 1.82) is 0 Å². The maximum atomic E-state index is 12.4. The van der Waals surface area contributed by atoms with Crippen LogP contribution in [0.5, 0.6) is 0 Å². The van der Waals surface area contributed by atoms with Gasteiger partial charge in [0.2, 0.25) is 0 Å². The Labute approximate surface area is 138 Å². The second-order valence-corrected chi connectivity index (χ2v) is 7.35. The second kappa shape index (κ2) is 6.69. The van der Waals surface area contributed by atoms with Gasteiger partial charge in [0.1, 0.15) is 0 Å². The van der Waals surface area contributed by atoms with Crippen molar-refractivity contribution >= 4 is 17.5 Å². The molecule has 1 fully saturated rings.